The third-order valence-corrected chi connectivity index (χ3v) is 10.0. The Morgan fingerprint density at radius 3 is 2.55 bits per heavy atom. The maximum atomic E-state index is 15.9. The van der Waals surface area contributed by atoms with E-state index >= 15 is 4.39 Å². The number of halogens is 1. The Balaban J connectivity index is 1.35. The van der Waals surface area contributed by atoms with Gasteiger partial charge in [0.25, 0.3) is 0 Å². The molecule has 0 bridgehead atoms. The topological polar surface area (TPSA) is 43.4 Å². The highest BCUT2D eigenvalue weighted by Crippen LogP contribution is 2.66. The van der Waals surface area contributed by atoms with Crippen molar-refractivity contribution in [2.75, 3.05) is 0 Å². The van der Waals surface area contributed by atoms with Crippen molar-refractivity contribution in [1.29, 1.82) is 0 Å². The molecular weight excluding hydrogens is 415 g/mol. The molecule has 3 nitrogen and oxygen atoms in total. The van der Waals surface area contributed by atoms with E-state index in [1.807, 2.05) is 6.08 Å². The van der Waals surface area contributed by atoms with E-state index in [2.05, 4.69) is 20.8 Å². The highest BCUT2D eigenvalue weighted by Gasteiger charge is 2.63. The highest BCUT2D eigenvalue weighted by molar-refractivity contribution is 5.91. The summed E-state index contributed by atoms with van der Waals surface area (Å²) in [5.41, 5.74) is 0.768. The molecule has 0 aliphatic heterocycles. The van der Waals surface area contributed by atoms with Crippen molar-refractivity contribution in [3.63, 3.8) is 0 Å². The molecule has 3 fully saturated rings. The molecule has 2 unspecified atom stereocenters. The van der Waals surface area contributed by atoms with Crippen LogP contribution >= 0.6 is 0 Å². The second-order valence-electron chi connectivity index (χ2n) is 12.0. The Morgan fingerprint density at radius 1 is 1.06 bits per heavy atom. The highest BCUT2D eigenvalue weighted by atomic mass is 19.1. The van der Waals surface area contributed by atoms with Gasteiger partial charge in [0.15, 0.2) is 5.78 Å². The number of hydrogen-bond donors (Lipinski definition) is 0. The van der Waals surface area contributed by atoms with Crippen LogP contribution in [-0.2, 0) is 14.3 Å². The van der Waals surface area contributed by atoms with Crippen LogP contribution in [0.15, 0.2) is 11.6 Å². The number of alkyl halides is 1. The zero-order valence-electron chi connectivity index (χ0n) is 21.2. The summed E-state index contributed by atoms with van der Waals surface area (Å²) in [5.74, 6) is 0.888. The summed E-state index contributed by atoms with van der Waals surface area (Å²) >= 11 is 0. The number of ether oxygens (including phenoxy) is 1. The standard InChI is InChI=1S/C29H45FO3/c1-4-5-6-7-8-9-10-11-26(32)33-25-15-14-23-22-13-12-20-18-21(31)16-17-28(20,2)27(22)24(30)19-29(23,25)3/h18,22-25,27H,4-17,19H2,1-3H3/t22-,23-,24?,25?,27-,28-,29-/m0/s1. The normalized spacial score (nSPS) is 39.9. The minimum absolute atomic E-state index is 0.00540. The lowest BCUT2D eigenvalue weighted by Crippen LogP contribution is -2.56. The van der Waals surface area contributed by atoms with Crippen molar-refractivity contribution in [2.45, 2.75) is 129 Å². The first-order valence-corrected chi connectivity index (χ1v) is 13.9. The van der Waals surface area contributed by atoms with Gasteiger partial charge in [-0.2, -0.15) is 0 Å². The molecule has 4 aliphatic carbocycles. The van der Waals surface area contributed by atoms with Gasteiger partial charge in [0, 0.05) is 24.2 Å². The summed E-state index contributed by atoms with van der Waals surface area (Å²) in [4.78, 5) is 24.6. The van der Waals surface area contributed by atoms with E-state index in [0.29, 0.717) is 31.1 Å². The van der Waals surface area contributed by atoms with E-state index < -0.39 is 6.17 Å². The van der Waals surface area contributed by atoms with Gasteiger partial charge in [-0.1, -0.05) is 64.9 Å². The molecule has 3 saturated carbocycles. The number of allylic oxidation sites excluding steroid dienone is 1. The number of rotatable bonds is 9. The van der Waals surface area contributed by atoms with Gasteiger partial charge in [-0.05, 0) is 68.3 Å². The van der Waals surface area contributed by atoms with Crippen molar-refractivity contribution in [3.8, 4) is 0 Å². The lowest BCUT2D eigenvalue weighted by molar-refractivity contribution is -0.165. The molecule has 4 rings (SSSR count). The van der Waals surface area contributed by atoms with E-state index in [1.54, 1.807) is 0 Å². The summed E-state index contributed by atoms with van der Waals surface area (Å²) < 4.78 is 22.0. The fourth-order valence-corrected chi connectivity index (χ4v) is 8.21. The van der Waals surface area contributed by atoms with E-state index in [9.17, 15) is 9.59 Å². The molecule has 4 aliphatic rings. The van der Waals surface area contributed by atoms with Crippen LogP contribution < -0.4 is 0 Å². The van der Waals surface area contributed by atoms with Crippen LogP contribution in [0.2, 0.25) is 0 Å². The van der Waals surface area contributed by atoms with Gasteiger partial charge >= 0.3 is 5.97 Å². The van der Waals surface area contributed by atoms with Crippen molar-refractivity contribution in [2.24, 2.45) is 28.6 Å². The fourth-order valence-electron chi connectivity index (χ4n) is 8.21. The van der Waals surface area contributed by atoms with Gasteiger partial charge < -0.3 is 4.74 Å². The molecule has 7 atom stereocenters. The summed E-state index contributed by atoms with van der Waals surface area (Å²) in [6.07, 6.45) is 15.2. The average Bonchev–Trinajstić information content (AvgIpc) is 3.08. The molecular formula is C29H45FO3. The molecule has 0 saturated heterocycles. The Hall–Kier alpha value is -1.19. The number of ketones is 1. The Bertz CT molecular complexity index is 760. The van der Waals surface area contributed by atoms with Crippen molar-refractivity contribution in [3.05, 3.63) is 11.6 Å². The number of hydrogen-bond acceptors (Lipinski definition) is 3. The van der Waals surface area contributed by atoms with Crippen molar-refractivity contribution >= 4 is 11.8 Å². The zero-order chi connectivity index (χ0) is 23.6. The molecule has 0 aromatic carbocycles. The van der Waals surface area contributed by atoms with E-state index in [4.69, 9.17) is 4.74 Å². The number of esters is 1. The van der Waals surface area contributed by atoms with Gasteiger partial charge in [-0.25, -0.2) is 4.39 Å². The molecule has 0 aromatic rings. The second-order valence-corrected chi connectivity index (χ2v) is 12.0. The molecule has 0 spiro atoms. The quantitative estimate of drug-likeness (QED) is 0.264. The minimum atomic E-state index is -0.888. The largest absolute Gasteiger partial charge is 0.462 e. The predicted octanol–water partition coefficient (Wildman–Crippen LogP) is 7.52. The monoisotopic (exact) mass is 460 g/mol. The average molecular weight is 461 g/mol. The second kappa shape index (κ2) is 10.2. The lowest BCUT2D eigenvalue weighted by Gasteiger charge is -2.58. The van der Waals surface area contributed by atoms with Crippen LogP contribution in [0.4, 0.5) is 4.39 Å². The molecule has 33 heavy (non-hydrogen) atoms. The molecule has 0 amide bonds. The van der Waals surface area contributed by atoms with Gasteiger partial charge in [-0.15, -0.1) is 0 Å². The minimum Gasteiger partial charge on any atom is -0.462 e. The summed E-state index contributed by atoms with van der Waals surface area (Å²) in [7, 11) is 0. The van der Waals surface area contributed by atoms with Crippen LogP contribution in [0, 0.1) is 28.6 Å². The maximum Gasteiger partial charge on any atom is 0.306 e. The van der Waals surface area contributed by atoms with Crippen molar-refractivity contribution < 1.29 is 18.7 Å². The Kier molecular flexibility index (Phi) is 7.70. The first-order valence-electron chi connectivity index (χ1n) is 13.9. The molecule has 186 valence electrons. The van der Waals surface area contributed by atoms with Crippen LogP contribution in [0.5, 0.6) is 0 Å². The number of carbonyl (C=O) groups is 2. The molecule has 0 N–H and O–H groups in total. The first-order chi connectivity index (χ1) is 15.8. The Labute approximate surface area is 200 Å². The summed E-state index contributed by atoms with van der Waals surface area (Å²) in [6.45, 7) is 6.63. The third kappa shape index (κ3) is 4.82. The van der Waals surface area contributed by atoms with Crippen LogP contribution in [0.3, 0.4) is 0 Å². The third-order valence-electron chi connectivity index (χ3n) is 10.0. The lowest BCUT2D eigenvalue weighted by atomic mass is 9.47. The molecule has 4 heteroatoms. The van der Waals surface area contributed by atoms with Crippen LogP contribution in [0.1, 0.15) is 117 Å². The molecule has 0 radical (unpaired) electrons. The molecule has 0 aromatic heterocycles. The maximum absolute atomic E-state index is 15.9. The van der Waals surface area contributed by atoms with Gasteiger partial charge in [0.2, 0.25) is 0 Å². The van der Waals surface area contributed by atoms with E-state index in [-0.39, 0.29) is 34.6 Å². The number of carbonyl (C=O) groups excluding carboxylic acids is 2. The smallest absolute Gasteiger partial charge is 0.306 e. The van der Waals surface area contributed by atoms with Gasteiger partial charge in [0.05, 0.1) is 0 Å². The first kappa shape index (κ1) is 24.9. The van der Waals surface area contributed by atoms with E-state index in [1.165, 1.54) is 37.7 Å². The van der Waals surface area contributed by atoms with Gasteiger partial charge in [-0.3, -0.25) is 9.59 Å². The summed E-state index contributed by atoms with van der Waals surface area (Å²) in [6, 6.07) is 0. The molecule has 0 heterocycles. The Morgan fingerprint density at radius 2 is 1.79 bits per heavy atom. The van der Waals surface area contributed by atoms with Gasteiger partial charge in [0.1, 0.15) is 12.3 Å². The summed E-state index contributed by atoms with van der Waals surface area (Å²) in [5, 5.41) is 0. The predicted molar refractivity (Wildman–Crippen MR) is 129 cm³/mol. The van der Waals surface area contributed by atoms with E-state index in [0.717, 1.165) is 44.9 Å². The zero-order valence-corrected chi connectivity index (χ0v) is 21.2. The van der Waals surface area contributed by atoms with Crippen molar-refractivity contribution in [1.82, 2.24) is 0 Å². The number of fused-ring (bicyclic) bond motifs is 5. The SMILES string of the molecule is CCCCCCCCCC(=O)OC1CC[C@H]2[C@@H]3CCC4=CC(=O)CC[C@]4(C)[C@@H]3C(F)C[C@]12C. The van der Waals surface area contributed by atoms with Crippen LogP contribution in [0.25, 0.3) is 0 Å². The number of unbranched alkanes of at least 4 members (excludes halogenated alkanes) is 6. The fraction of sp³-hybridized carbons (Fsp3) is 0.862. The van der Waals surface area contributed by atoms with Crippen LogP contribution in [-0.4, -0.2) is 24.0 Å².